The molecule has 0 aliphatic carbocycles. The number of hydrogen-bond donors (Lipinski definition) is 3. The summed E-state index contributed by atoms with van der Waals surface area (Å²) in [5.74, 6) is 0. The molecule has 0 bridgehead atoms. The van der Waals surface area contributed by atoms with Gasteiger partial charge >= 0.3 is 6.03 Å². The van der Waals surface area contributed by atoms with Gasteiger partial charge in [0.15, 0.2) is 0 Å². The zero-order valence-electron chi connectivity index (χ0n) is 13.9. The van der Waals surface area contributed by atoms with Crippen LogP contribution < -0.4 is 10.6 Å². The highest BCUT2D eigenvalue weighted by Gasteiger charge is 2.07. The van der Waals surface area contributed by atoms with Gasteiger partial charge in [-0.2, -0.15) is 0 Å². The van der Waals surface area contributed by atoms with Crippen LogP contribution in [0.25, 0.3) is 0 Å². The monoisotopic (exact) mass is 328 g/mol. The van der Waals surface area contributed by atoms with Gasteiger partial charge in [0.2, 0.25) is 0 Å². The van der Waals surface area contributed by atoms with Crippen molar-refractivity contribution in [3.8, 4) is 0 Å². The van der Waals surface area contributed by atoms with Gasteiger partial charge in [-0.25, -0.2) is 4.79 Å². The Morgan fingerprint density at radius 2 is 1.71 bits per heavy atom. The Morgan fingerprint density at radius 3 is 2.42 bits per heavy atom. The molecule has 0 heterocycles. The quantitative estimate of drug-likeness (QED) is 0.697. The van der Waals surface area contributed by atoms with Crippen molar-refractivity contribution in [3.63, 3.8) is 0 Å². The van der Waals surface area contributed by atoms with E-state index in [1.807, 2.05) is 54.6 Å². The van der Waals surface area contributed by atoms with Crippen LogP contribution in [0.1, 0.15) is 23.6 Å². The summed E-state index contributed by atoms with van der Waals surface area (Å²) < 4.78 is 5.77. The molecule has 5 nitrogen and oxygen atoms in total. The van der Waals surface area contributed by atoms with Crippen LogP contribution in [-0.2, 0) is 24.5 Å². The van der Waals surface area contributed by atoms with Crippen LogP contribution in [0.2, 0.25) is 0 Å². The zero-order chi connectivity index (χ0) is 17.2. The molecule has 0 spiro atoms. The van der Waals surface area contributed by atoms with Crippen molar-refractivity contribution in [2.24, 2.45) is 0 Å². The first-order valence-corrected chi connectivity index (χ1v) is 8.02. The number of ether oxygens (including phenoxy) is 1. The Labute approximate surface area is 142 Å². The predicted octanol–water partition coefficient (Wildman–Crippen LogP) is 2.58. The highest BCUT2D eigenvalue weighted by atomic mass is 16.5. The molecule has 24 heavy (non-hydrogen) atoms. The number of amides is 2. The maximum absolute atomic E-state index is 11.7. The molecule has 0 aliphatic rings. The number of urea groups is 1. The molecule has 0 radical (unpaired) electrons. The van der Waals surface area contributed by atoms with Crippen molar-refractivity contribution in [2.75, 3.05) is 6.61 Å². The standard InChI is InChI=1S/C19H24N2O3/c1-15(12-22)21-19(23)20-11-17-9-5-6-10-18(17)14-24-13-16-7-3-2-4-8-16/h2-10,15,22H,11-14H2,1H3,(H2,20,21,23). The molecule has 128 valence electrons. The van der Waals surface area contributed by atoms with Gasteiger partial charge in [0.1, 0.15) is 0 Å². The molecule has 1 atom stereocenters. The minimum absolute atomic E-state index is 0.0860. The van der Waals surface area contributed by atoms with Crippen LogP contribution in [-0.4, -0.2) is 23.8 Å². The molecular formula is C19H24N2O3. The molecule has 0 saturated carbocycles. The zero-order valence-corrected chi connectivity index (χ0v) is 13.9. The summed E-state index contributed by atoms with van der Waals surface area (Å²) in [4.78, 5) is 11.7. The van der Waals surface area contributed by atoms with Crippen LogP contribution in [0, 0.1) is 0 Å². The fourth-order valence-corrected chi connectivity index (χ4v) is 2.22. The lowest BCUT2D eigenvalue weighted by Gasteiger charge is -2.14. The summed E-state index contributed by atoms with van der Waals surface area (Å²) in [5, 5.41) is 14.4. The summed E-state index contributed by atoms with van der Waals surface area (Å²) in [6, 6.07) is 17.3. The number of aliphatic hydroxyl groups is 1. The first kappa shape index (κ1) is 18.0. The molecule has 5 heteroatoms. The SMILES string of the molecule is CC(CO)NC(=O)NCc1ccccc1COCc1ccccc1. The van der Waals surface area contributed by atoms with Crippen molar-refractivity contribution in [3.05, 3.63) is 71.3 Å². The van der Waals surface area contributed by atoms with Crippen molar-refractivity contribution in [2.45, 2.75) is 32.7 Å². The Morgan fingerprint density at radius 1 is 1.04 bits per heavy atom. The Kier molecular flexibility index (Phi) is 7.26. The van der Waals surface area contributed by atoms with Crippen LogP contribution in [0.5, 0.6) is 0 Å². The summed E-state index contributed by atoms with van der Waals surface area (Å²) in [5.41, 5.74) is 3.19. The second-order valence-corrected chi connectivity index (χ2v) is 5.66. The maximum Gasteiger partial charge on any atom is 0.315 e. The second-order valence-electron chi connectivity index (χ2n) is 5.66. The Balaban J connectivity index is 1.84. The number of benzene rings is 2. The average molecular weight is 328 g/mol. The molecule has 0 aromatic heterocycles. The Hall–Kier alpha value is -2.37. The molecule has 0 fully saturated rings. The van der Waals surface area contributed by atoms with E-state index in [1.165, 1.54) is 0 Å². The van der Waals surface area contributed by atoms with Crippen molar-refractivity contribution in [1.29, 1.82) is 0 Å². The number of aliphatic hydroxyl groups excluding tert-OH is 1. The summed E-state index contributed by atoms with van der Waals surface area (Å²) in [7, 11) is 0. The lowest BCUT2D eigenvalue weighted by molar-refractivity contribution is 0.106. The minimum Gasteiger partial charge on any atom is -0.394 e. The molecule has 3 N–H and O–H groups in total. The average Bonchev–Trinajstić information content (AvgIpc) is 2.61. The number of hydrogen-bond acceptors (Lipinski definition) is 3. The van der Waals surface area contributed by atoms with E-state index in [0.717, 1.165) is 16.7 Å². The fraction of sp³-hybridized carbons (Fsp3) is 0.316. The molecule has 1 unspecified atom stereocenters. The van der Waals surface area contributed by atoms with Crippen molar-refractivity contribution in [1.82, 2.24) is 10.6 Å². The topological polar surface area (TPSA) is 70.6 Å². The molecule has 2 amide bonds. The minimum atomic E-state index is -0.295. The largest absolute Gasteiger partial charge is 0.394 e. The summed E-state index contributed by atoms with van der Waals surface area (Å²) in [6.45, 7) is 3.11. The Bertz CT molecular complexity index is 632. The predicted molar refractivity (Wildman–Crippen MR) is 93.3 cm³/mol. The molecule has 0 aliphatic heterocycles. The highest BCUT2D eigenvalue weighted by molar-refractivity contribution is 5.74. The normalized spacial score (nSPS) is 11.8. The van der Waals surface area contributed by atoms with E-state index in [9.17, 15) is 4.79 Å². The number of rotatable bonds is 8. The lowest BCUT2D eigenvalue weighted by Crippen LogP contribution is -2.42. The van der Waals surface area contributed by atoms with E-state index < -0.39 is 0 Å². The molecular weight excluding hydrogens is 304 g/mol. The summed E-state index contributed by atoms with van der Waals surface area (Å²) >= 11 is 0. The van der Waals surface area contributed by atoms with Gasteiger partial charge in [-0.05, 0) is 23.6 Å². The van der Waals surface area contributed by atoms with E-state index >= 15 is 0 Å². The van der Waals surface area contributed by atoms with Gasteiger partial charge in [0.05, 0.1) is 25.9 Å². The van der Waals surface area contributed by atoms with Crippen molar-refractivity contribution < 1.29 is 14.6 Å². The number of carbonyl (C=O) groups excluding carboxylic acids is 1. The van der Waals surface area contributed by atoms with E-state index in [0.29, 0.717) is 19.8 Å². The van der Waals surface area contributed by atoms with Crippen LogP contribution in [0.15, 0.2) is 54.6 Å². The van der Waals surface area contributed by atoms with Gasteiger partial charge in [0.25, 0.3) is 0 Å². The first-order chi connectivity index (χ1) is 11.7. The van der Waals surface area contributed by atoms with Gasteiger partial charge in [0, 0.05) is 6.54 Å². The van der Waals surface area contributed by atoms with Gasteiger partial charge in [-0.3, -0.25) is 0 Å². The molecule has 0 saturated heterocycles. The lowest BCUT2D eigenvalue weighted by atomic mass is 10.1. The van der Waals surface area contributed by atoms with E-state index in [-0.39, 0.29) is 18.7 Å². The maximum atomic E-state index is 11.7. The summed E-state index contributed by atoms with van der Waals surface area (Å²) in [6.07, 6.45) is 0. The van der Waals surface area contributed by atoms with Gasteiger partial charge in [-0.15, -0.1) is 0 Å². The fourth-order valence-electron chi connectivity index (χ4n) is 2.22. The van der Waals surface area contributed by atoms with E-state index in [4.69, 9.17) is 9.84 Å². The van der Waals surface area contributed by atoms with Crippen molar-refractivity contribution >= 4 is 6.03 Å². The van der Waals surface area contributed by atoms with Crippen LogP contribution in [0.4, 0.5) is 4.79 Å². The molecule has 2 aromatic rings. The van der Waals surface area contributed by atoms with Gasteiger partial charge in [-0.1, -0.05) is 54.6 Å². The van der Waals surface area contributed by atoms with E-state index in [1.54, 1.807) is 6.92 Å². The highest BCUT2D eigenvalue weighted by Crippen LogP contribution is 2.11. The first-order valence-electron chi connectivity index (χ1n) is 8.02. The van der Waals surface area contributed by atoms with Crippen LogP contribution >= 0.6 is 0 Å². The smallest absolute Gasteiger partial charge is 0.315 e. The molecule has 2 rings (SSSR count). The van der Waals surface area contributed by atoms with Crippen LogP contribution in [0.3, 0.4) is 0 Å². The third-order valence-corrected chi connectivity index (χ3v) is 3.58. The third-order valence-electron chi connectivity index (χ3n) is 3.58. The van der Waals surface area contributed by atoms with E-state index in [2.05, 4.69) is 10.6 Å². The second kappa shape index (κ2) is 9.70. The molecule has 2 aromatic carbocycles. The number of nitrogens with one attached hydrogen (secondary N) is 2. The van der Waals surface area contributed by atoms with Gasteiger partial charge < -0.3 is 20.5 Å². The third kappa shape index (κ3) is 6.02. The number of carbonyl (C=O) groups is 1.